The summed E-state index contributed by atoms with van der Waals surface area (Å²) < 4.78 is 55.1. The maximum absolute atomic E-state index is 14.7. The van der Waals surface area contributed by atoms with Crippen LogP contribution in [0.15, 0.2) is 77.8 Å². The van der Waals surface area contributed by atoms with Crippen molar-refractivity contribution in [2.75, 3.05) is 74.3 Å². The number of ether oxygens (including phenoxy) is 4. The van der Waals surface area contributed by atoms with Gasteiger partial charge in [0.25, 0.3) is 21.6 Å². The third-order valence-electron chi connectivity index (χ3n) is 16.4. The van der Waals surface area contributed by atoms with Crippen molar-refractivity contribution in [3.8, 4) is 11.6 Å². The lowest BCUT2D eigenvalue weighted by Gasteiger charge is -2.62. The number of benzene rings is 3. The summed E-state index contributed by atoms with van der Waals surface area (Å²) >= 11 is 0. The number of likely N-dealkylation sites (tertiary alicyclic amines) is 2. The Kier molecular flexibility index (Phi) is 10.4. The van der Waals surface area contributed by atoms with Gasteiger partial charge in [0.2, 0.25) is 5.88 Å². The number of nitrogens with one attached hydrogen (secondary N) is 3. The van der Waals surface area contributed by atoms with E-state index >= 15 is 0 Å². The van der Waals surface area contributed by atoms with E-state index in [1.54, 1.807) is 12.3 Å². The van der Waals surface area contributed by atoms with E-state index < -0.39 is 37.5 Å². The van der Waals surface area contributed by atoms with Gasteiger partial charge in [0.1, 0.15) is 24.0 Å². The molecule has 5 saturated heterocycles. The monoisotopic (exact) mass is 971 g/mol. The Morgan fingerprint density at radius 2 is 1.87 bits per heavy atom. The van der Waals surface area contributed by atoms with E-state index in [9.17, 15) is 23.3 Å². The molecule has 8 aliphatic rings. The van der Waals surface area contributed by atoms with E-state index in [4.69, 9.17) is 23.9 Å². The molecule has 1 saturated carbocycles. The Morgan fingerprint density at radius 1 is 1.01 bits per heavy atom. The highest BCUT2D eigenvalue weighted by Gasteiger charge is 2.55. The molecule has 70 heavy (non-hydrogen) atoms. The number of carbonyl (C=O) groups is 1. The second-order valence-electron chi connectivity index (χ2n) is 21.1. The van der Waals surface area contributed by atoms with Gasteiger partial charge in [-0.1, -0.05) is 38.1 Å². The molecule has 2 bridgehead atoms. The van der Waals surface area contributed by atoms with Gasteiger partial charge in [-0.15, -0.1) is 0 Å². The van der Waals surface area contributed by atoms with Gasteiger partial charge in [-0.25, -0.2) is 13.1 Å². The smallest absolute Gasteiger partial charge is 0.297 e. The first-order chi connectivity index (χ1) is 33.9. The predicted molar refractivity (Wildman–Crippen MR) is 261 cm³/mol. The van der Waals surface area contributed by atoms with Crippen molar-refractivity contribution in [3.63, 3.8) is 0 Å². The molecule has 1 aliphatic carbocycles. The van der Waals surface area contributed by atoms with Crippen LogP contribution < -0.4 is 29.3 Å². The van der Waals surface area contributed by atoms with Gasteiger partial charge in [-0.2, -0.15) is 4.98 Å². The molecular formula is C51H57N9O9S. The van der Waals surface area contributed by atoms with Crippen LogP contribution in [0.5, 0.6) is 11.6 Å². The van der Waals surface area contributed by atoms with Crippen LogP contribution in [-0.2, 0) is 19.5 Å². The zero-order valence-corrected chi connectivity index (χ0v) is 40.0. The predicted octanol–water partition coefficient (Wildman–Crippen LogP) is 6.46. The summed E-state index contributed by atoms with van der Waals surface area (Å²) in [6, 6.07) is 21.2. The Bertz CT molecular complexity index is 3040. The number of H-pyrrole nitrogens is 1. The minimum Gasteiger partial charge on any atom is -0.489 e. The number of aromatic amines is 1. The minimum atomic E-state index is -4.69. The highest BCUT2D eigenvalue weighted by atomic mass is 32.2. The fourth-order valence-corrected chi connectivity index (χ4v) is 14.0. The van der Waals surface area contributed by atoms with E-state index in [0.29, 0.717) is 73.3 Å². The molecule has 9 heterocycles. The van der Waals surface area contributed by atoms with Crippen LogP contribution in [0.4, 0.5) is 28.4 Å². The second kappa shape index (κ2) is 16.5. The molecular weight excluding hydrogens is 915 g/mol. The van der Waals surface area contributed by atoms with E-state index in [1.807, 2.05) is 29.2 Å². The summed E-state index contributed by atoms with van der Waals surface area (Å²) in [7, 11) is -4.69. The molecule has 3 aromatic carbocycles. The number of fused-ring (bicyclic) bond motifs is 6. The standard InChI is InChI=1S/C51H57N9O9S/c1-29(2)37-6-3-4-7-38(37)40-8-5-13-58(40)34-19-51(20-34)27-57(28-51)32-9-10-39(41(16-32)59-43-14-30-11-12-52-48(30)54-50(43)69-46-26-66-25-44(46)59)49(61)55-70(64,65)36-17-42(60(62)63)47-45(18-36)68-23-31(53-47)21-56-22-35-15-33(56)24-67-35/h3-4,6-7,9-12,14,16-18,29,31,33-35,40,44,46,53H,5,8,13,15,19-28H2,1-2H3,(H,52,54)(H,55,61)/t31-,33+,35+,40+,44-,46-/m1/s1. The SMILES string of the molecule is CC(C)c1ccccc1[C@@H]1CCCN1C1CC2(C1)CN(c1ccc(C(=O)NS(=O)(=O)c3cc4c(c([N+](=O)[O-])c3)N[C@H](CN3C[C@@H]5C[C@H]3CO5)CO4)c(N3c4cc5cc[nH]c5nc4O[C@@H]4COC[C@H]43)c1)C2. The average molecular weight is 972 g/mol. The van der Waals surface area contributed by atoms with E-state index in [2.05, 4.69) is 67.8 Å². The van der Waals surface area contributed by atoms with E-state index in [1.165, 1.54) is 30.0 Å². The average Bonchev–Trinajstić information content (AvgIpc) is 4.19. The maximum Gasteiger partial charge on any atom is 0.297 e. The molecule has 13 rings (SSSR count). The van der Waals surface area contributed by atoms with Crippen molar-refractivity contribution in [3.05, 3.63) is 99.7 Å². The summed E-state index contributed by atoms with van der Waals surface area (Å²) in [6.45, 7) is 10.2. The van der Waals surface area contributed by atoms with E-state index in [-0.39, 0.29) is 47.2 Å². The number of morpholine rings is 1. The maximum atomic E-state index is 14.7. The number of amides is 1. The van der Waals surface area contributed by atoms with Gasteiger partial charge in [0.05, 0.1) is 59.1 Å². The number of aromatic nitrogens is 2. The molecule has 18 nitrogen and oxygen atoms in total. The number of nitro groups is 1. The molecule has 2 aromatic heterocycles. The lowest BCUT2D eigenvalue weighted by Crippen LogP contribution is -2.66. The number of carbonyl (C=O) groups excluding carboxylic acids is 1. The summed E-state index contributed by atoms with van der Waals surface area (Å²) in [4.78, 5) is 43.5. The number of pyridine rings is 1. The number of rotatable bonds is 11. The third-order valence-corrected chi connectivity index (χ3v) is 17.7. The molecule has 7 aliphatic heterocycles. The summed E-state index contributed by atoms with van der Waals surface area (Å²) in [5.41, 5.74) is 5.48. The molecule has 0 radical (unpaired) electrons. The van der Waals surface area contributed by atoms with Gasteiger partial charge >= 0.3 is 0 Å². The first-order valence-electron chi connectivity index (χ1n) is 24.8. The summed E-state index contributed by atoms with van der Waals surface area (Å²) in [5.74, 6) is -0.0367. The van der Waals surface area contributed by atoms with Crippen molar-refractivity contribution >= 4 is 55.4 Å². The van der Waals surface area contributed by atoms with Gasteiger partial charge in [-0.05, 0) is 86.0 Å². The molecule has 6 atom stereocenters. The van der Waals surface area contributed by atoms with Gasteiger partial charge < -0.3 is 39.0 Å². The molecule has 1 spiro atoms. The molecule has 1 amide bonds. The van der Waals surface area contributed by atoms with Crippen LogP contribution in [0.2, 0.25) is 0 Å². The third kappa shape index (κ3) is 7.37. The number of hydrogen-bond donors (Lipinski definition) is 3. The summed E-state index contributed by atoms with van der Waals surface area (Å²) in [6.07, 6.45) is 7.18. The topological polar surface area (TPSA) is 197 Å². The van der Waals surface area contributed by atoms with Crippen LogP contribution in [0.3, 0.4) is 0 Å². The Hall–Kier alpha value is -5.99. The first kappa shape index (κ1) is 44.0. The number of anilines is 4. The van der Waals surface area contributed by atoms with Crippen LogP contribution in [-0.4, -0.2) is 135 Å². The largest absolute Gasteiger partial charge is 0.489 e. The zero-order valence-electron chi connectivity index (χ0n) is 39.2. The van der Waals surface area contributed by atoms with Crippen molar-refractivity contribution < 1.29 is 37.1 Å². The number of nitro benzene ring substituents is 1. The zero-order chi connectivity index (χ0) is 47.6. The highest BCUT2D eigenvalue weighted by Crippen LogP contribution is 2.55. The number of sulfonamides is 1. The van der Waals surface area contributed by atoms with Crippen molar-refractivity contribution in [1.29, 1.82) is 0 Å². The van der Waals surface area contributed by atoms with Gasteiger partial charge in [0.15, 0.2) is 11.4 Å². The second-order valence-corrected chi connectivity index (χ2v) is 22.8. The Morgan fingerprint density at radius 3 is 2.67 bits per heavy atom. The van der Waals surface area contributed by atoms with Crippen LogP contribution in [0, 0.1) is 15.5 Å². The van der Waals surface area contributed by atoms with Crippen molar-refractivity contribution in [1.82, 2.24) is 24.5 Å². The van der Waals surface area contributed by atoms with E-state index in [0.717, 1.165) is 62.6 Å². The van der Waals surface area contributed by atoms with Crippen LogP contribution in [0.25, 0.3) is 11.0 Å². The van der Waals surface area contributed by atoms with Gasteiger partial charge in [-0.3, -0.25) is 24.7 Å². The lowest BCUT2D eigenvalue weighted by atomic mass is 9.60. The molecule has 19 heteroatoms. The molecule has 0 unspecified atom stereocenters. The number of nitrogens with zero attached hydrogens (tertiary/aromatic N) is 6. The molecule has 3 N–H and O–H groups in total. The minimum absolute atomic E-state index is 0.0252. The fourth-order valence-electron chi connectivity index (χ4n) is 13.0. The Labute approximate surface area is 405 Å². The van der Waals surface area contributed by atoms with Crippen LogP contribution in [0.1, 0.15) is 79.4 Å². The molecule has 366 valence electrons. The quantitative estimate of drug-likeness (QED) is 0.0963. The molecule has 6 fully saturated rings. The fraction of sp³-hybridized carbons (Fsp3) is 0.490. The lowest BCUT2D eigenvalue weighted by molar-refractivity contribution is -0.384. The summed E-state index contributed by atoms with van der Waals surface area (Å²) in [5, 5.41) is 16.6. The van der Waals surface area contributed by atoms with Gasteiger partial charge in [0, 0.05) is 79.1 Å². The highest BCUT2D eigenvalue weighted by molar-refractivity contribution is 7.90. The normalized spacial score (nSPS) is 26.8. The van der Waals surface area contributed by atoms with Crippen molar-refractivity contribution in [2.45, 2.75) is 99.2 Å². The van der Waals surface area contributed by atoms with Crippen LogP contribution >= 0.6 is 0 Å². The Balaban J connectivity index is 0.787. The molecule has 5 aromatic rings. The van der Waals surface area contributed by atoms with Crippen molar-refractivity contribution in [2.24, 2.45) is 5.41 Å². The number of hydrogen-bond acceptors (Lipinski definition) is 15. The first-order valence-corrected chi connectivity index (χ1v) is 26.3.